The summed E-state index contributed by atoms with van der Waals surface area (Å²) in [4.78, 5) is 67.9. The smallest absolute Gasteiger partial charge is 0.598 e. The van der Waals surface area contributed by atoms with Crippen LogP contribution in [-0.2, 0) is 18.3 Å². The Bertz CT molecular complexity index is 167. The molecule has 0 spiro atoms. The summed E-state index contributed by atoms with van der Waals surface area (Å²) in [6, 6.07) is 0. The first-order chi connectivity index (χ1) is 6.93. The summed E-state index contributed by atoms with van der Waals surface area (Å²) in [6.45, 7) is 0. The molecule has 0 aromatic rings. The maximum Gasteiger partial charge on any atom is 2.00 e. The van der Waals surface area contributed by atoms with Gasteiger partial charge in [0, 0.05) is 0 Å². The Labute approximate surface area is 236 Å². The van der Waals surface area contributed by atoms with Crippen molar-refractivity contribution in [2.75, 3.05) is 0 Å². The van der Waals surface area contributed by atoms with Crippen LogP contribution in [0.4, 0.5) is 0 Å². The Morgan fingerprint density at radius 1 is 0.350 bits per heavy atom. The Morgan fingerprint density at radius 2 is 0.350 bits per heavy atom. The molecule has 0 aromatic carbocycles. The molecule has 0 saturated carbocycles. The van der Waals surface area contributed by atoms with E-state index in [0.29, 0.717) is 0 Å². The van der Waals surface area contributed by atoms with Gasteiger partial charge in [0.05, 0.1) is 0 Å². The fourth-order valence-corrected chi connectivity index (χ4v) is 0. The second-order valence-electron chi connectivity index (χ2n) is 0.894. The molecule has 0 aromatic heterocycles. The van der Waals surface area contributed by atoms with E-state index in [0.717, 1.165) is 0 Å². The van der Waals surface area contributed by atoms with Crippen molar-refractivity contribution < 1.29 is 57.4 Å². The molecular weight excluding hydrogens is 476 g/mol. The minimum atomic E-state index is -3.37. The van der Waals surface area contributed by atoms with Crippen molar-refractivity contribution in [1.29, 1.82) is 0 Å². The van der Waals surface area contributed by atoms with Crippen LogP contribution in [0, 0.1) is 0 Å². The van der Waals surface area contributed by atoms with Gasteiger partial charge in [0.15, 0.2) is 0 Å². The van der Waals surface area contributed by atoms with Crippen LogP contribution in [0.3, 0.4) is 0 Å². The van der Waals surface area contributed by atoms with Gasteiger partial charge in [0.1, 0.15) is 0 Å². The predicted molar refractivity (Wildman–Crippen MR) is 53.4 cm³/mol. The van der Waals surface area contributed by atoms with Gasteiger partial charge in [-0.1, -0.05) is 18.3 Å². The van der Waals surface area contributed by atoms with E-state index in [1.54, 1.807) is 0 Å². The monoisotopic (exact) mass is 476 g/mol. The minimum absolute atomic E-state index is 0. The van der Waals surface area contributed by atoms with Gasteiger partial charge in [0.25, 0.3) is 33.0 Å². The van der Waals surface area contributed by atoms with E-state index >= 15 is 0 Å². The number of rotatable bonds is 0. The SMILES string of the molecule is O=[P+]([O-])[O-].O=[P+]([O-])[O-].O=[P+]([O-])[O-].O=[P+]([O-])[O-].[Ca+2].[Ca+2].[Ca+2].[Ca+2]. The maximum atomic E-state index is 8.48. The predicted octanol–water partition coefficient (Wildman–Crippen LogP) is -8.07. The van der Waals surface area contributed by atoms with Crippen molar-refractivity contribution in [3.63, 3.8) is 0 Å². The van der Waals surface area contributed by atoms with Crippen LogP contribution in [0.1, 0.15) is 0 Å². The first-order valence-electron chi connectivity index (χ1n) is 2.19. The Morgan fingerprint density at radius 3 is 0.350 bits per heavy atom. The summed E-state index contributed by atoms with van der Waals surface area (Å²) in [7, 11) is -13.5. The van der Waals surface area contributed by atoms with Crippen molar-refractivity contribution in [2.45, 2.75) is 0 Å². The van der Waals surface area contributed by atoms with E-state index < -0.39 is 33.0 Å². The van der Waals surface area contributed by atoms with E-state index in [4.69, 9.17) is 57.4 Å². The molecule has 0 bridgehead atoms. The molecule has 0 fully saturated rings. The molecule has 0 saturated heterocycles. The van der Waals surface area contributed by atoms with Gasteiger partial charge in [-0.15, -0.1) is 0 Å². The topological polar surface area (TPSA) is 253 Å². The second kappa shape index (κ2) is 44.0. The molecule has 12 nitrogen and oxygen atoms in total. The van der Waals surface area contributed by atoms with Gasteiger partial charge < -0.3 is 39.1 Å². The quantitative estimate of drug-likeness (QED) is 0.233. The Hall–Kier alpha value is 5.12. The van der Waals surface area contributed by atoms with Crippen molar-refractivity contribution in [2.24, 2.45) is 0 Å². The molecule has 0 atom stereocenters. The zero-order chi connectivity index (χ0) is 14.3. The third-order valence-corrected chi connectivity index (χ3v) is 0. The van der Waals surface area contributed by atoms with E-state index in [1.165, 1.54) is 0 Å². The van der Waals surface area contributed by atoms with Gasteiger partial charge >= 0.3 is 151 Å². The van der Waals surface area contributed by atoms with Crippen LogP contribution in [0.15, 0.2) is 0 Å². The van der Waals surface area contributed by atoms with Crippen LogP contribution >= 0.6 is 33.0 Å². The molecule has 0 amide bonds. The molecule has 96 valence electrons. The standard InChI is InChI=1S/4Ca.4HO3P/c;;;;4*1-4(2)3/h;;;;4*(H,1,2,3)/q4*+2;;;;/p-4. The van der Waals surface area contributed by atoms with Gasteiger partial charge in [-0.05, 0) is 0 Å². The van der Waals surface area contributed by atoms with Crippen molar-refractivity contribution in [1.82, 2.24) is 0 Å². The summed E-state index contributed by atoms with van der Waals surface area (Å²) in [6.07, 6.45) is 0. The average molecular weight is 476 g/mol. The zero-order valence-electron chi connectivity index (χ0n) is 9.52. The van der Waals surface area contributed by atoms with Crippen molar-refractivity contribution >= 4 is 184 Å². The average Bonchev–Trinajstić information content (AvgIpc) is 1.76. The molecule has 20 heteroatoms. The van der Waals surface area contributed by atoms with Gasteiger partial charge in [-0.25, -0.2) is 0 Å². The van der Waals surface area contributed by atoms with Gasteiger partial charge in [0.2, 0.25) is 0 Å². The molecule has 0 N–H and O–H groups in total. The first kappa shape index (κ1) is 49.9. The molecular formula is Ca4O12P4+4. The molecule has 0 aliphatic heterocycles. The minimum Gasteiger partial charge on any atom is -0.598 e. The van der Waals surface area contributed by atoms with Gasteiger partial charge in [-0.3, -0.25) is 0 Å². The molecule has 0 aliphatic rings. The first-order valence-corrected chi connectivity index (χ1v) is 6.57. The van der Waals surface area contributed by atoms with Crippen LogP contribution in [-0.4, -0.2) is 151 Å². The van der Waals surface area contributed by atoms with Crippen molar-refractivity contribution in [3.8, 4) is 0 Å². The summed E-state index contributed by atoms with van der Waals surface area (Å²) < 4.78 is 33.9. The fourth-order valence-electron chi connectivity index (χ4n) is 0. The fraction of sp³-hybridized carbons (Fsp3) is 0. The molecule has 0 radical (unpaired) electrons. The maximum absolute atomic E-state index is 8.48. The largest absolute Gasteiger partial charge is 2.00 e. The second-order valence-corrected chi connectivity index (χ2v) is 2.68. The summed E-state index contributed by atoms with van der Waals surface area (Å²) in [5, 5.41) is 0. The summed E-state index contributed by atoms with van der Waals surface area (Å²) in [5.41, 5.74) is 0. The van der Waals surface area contributed by atoms with Crippen LogP contribution in [0.2, 0.25) is 0 Å². The third kappa shape index (κ3) is 432. The molecule has 0 heterocycles. The molecule has 0 unspecified atom stereocenters. The Balaban J connectivity index is -0.0000000150. The normalized spacial score (nSPS) is 5.20. The van der Waals surface area contributed by atoms with Crippen LogP contribution in [0.25, 0.3) is 0 Å². The third-order valence-electron chi connectivity index (χ3n) is 0. The Kier molecular flexibility index (Phi) is 110. The van der Waals surface area contributed by atoms with Crippen LogP contribution < -0.4 is 39.1 Å². The van der Waals surface area contributed by atoms with Crippen LogP contribution in [0.5, 0.6) is 0 Å². The summed E-state index contributed by atoms with van der Waals surface area (Å²) in [5.74, 6) is 0. The molecule has 0 aliphatic carbocycles. The summed E-state index contributed by atoms with van der Waals surface area (Å²) >= 11 is 0. The number of hydrogen-bond acceptors (Lipinski definition) is 12. The number of hydrogen-bond donors (Lipinski definition) is 0. The van der Waals surface area contributed by atoms with E-state index in [9.17, 15) is 0 Å². The zero-order valence-corrected chi connectivity index (χ0v) is 21.9. The molecule has 20 heavy (non-hydrogen) atoms. The van der Waals surface area contributed by atoms with Gasteiger partial charge in [-0.2, -0.15) is 0 Å². The van der Waals surface area contributed by atoms with Crippen molar-refractivity contribution in [3.05, 3.63) is 0 Å². The van der Waals surface area contributed by atoms with E-state index in [1.807, 2.05) is 0 Å². The molecule has 0 rings (SSSR count). The van der Waals surface area contributed by atoms with E-state index in [2.05, 4.69) is 0 Å². The van der Waals surface area contributed by atoms with E-state index in [-0.39, 0.29) is 151 Å².